The number of nitriles is 1. The molecule has 0 aliphatic rings. The second-order valence-electron chi connectivity index (χ2n) is 4.27. The second kappa shape index (κ2) is 4.19. The molecule has 0 saturated carbocycles. The van der Waals surface area contributed by atoms with Crippen LogP contribution in [0.25, 0.3) is 0 Å². The first kappa shape index (κ1) is 12.0. The van der Waals surface area contributed by atoms with E-state index in [1.54, 1.807) is 20.8 Å². The van der Waals surface area contributed by atoms with Gasteiger partial charge in [0, 0.05) is 6.20 Å². The van der Waals surface area contributed by atoms with Gasteiger partial charge in [-0.15, -0.1) is 0 Å². The van der Waals surface area contributed by atoms with E-state index >= 15 is 0 Å². The second-order valence-corrected chi connectivity index (χ2v) is 4.27. The van der Waals surface area contributed by atoms with Crippen LogP contribution in [0.4, 0.5) is 5.82 Å². The number of rotatable bonds is 1. The molecule has 2 N–H and O–H groups in total. The summed E-state index contributed by atoms with van der Waals surface area (Å²) in [7, 11) is 0. The third kappa shape index (κ3) is 2.95. The molecular formula is C11H13N3O2. The van der Waals surface area contributed by atoms with E-state index in [2.05, 4.69) is 4.98 Å². The summed E-state index contributed by atoms with van der Waals surface area (Å²) in [6.45, 7) is 5.29. The quantitative estimate of drug-likeness (QED) is 0.723. The molecule has 0 aromatic carbocycles. The maximum absolute atomic E-state index is 11.6. The molecule has 16 heavy (non-hydrogen) atoms. The Kier molecular flexibility index (Phi) is 3.14. The van der Waals surface area contributed by atoms with Crippen LogP contribution in [0.1, 0.15) is 36.7 Å². The zero-order valence-electron chi connectivity index (χ0n) is 9.44. The molecule has 84 valence electrons. The third-order valence-corrected chi connectivity index (χ3v) is 1.67. The molecule has 0 radical (unpaired) electrons. The highest BCUT2D eigenvalue weighted by Gasteiger charge is 2.18. The van der Waals surface area contributed by atoms with Crippen molar-refractivity contribution in [2.24, 2.45) is 0 Å². The fourth-order valence-electron chi connectivity index (χ4n) is 1.01. The van der Waals surface area contributed by atoms with E-state index < -0.39 is 11.6 Å². The average Bonchev–Trinajstić information content (AvgIpc) is 2.15. The summed E-state index contributed by atoms with van der Waals surface area (Å²) in [4.78, 5) is 15.4. The summed E-state index contributed by atoms with van der Waals surface area (Å²) < 4.78 is 5.13. The lowest BCUT2D eigenvalue weighted by Gasteiger charge is -2.19. The molecule has 0 amide bonds. The van der Waals surface area contributed by atoms with Gasteiger partial charge in [-0.05, 0) is 26.8 Å². The van der Waals surface area contributed by atoms with Crippen LogP contribution in [0.5, 0.6) is 0 Å². The van der Waals surface area contributed by atoms with Gasteiger partial charge in [0.1, 0.15) is 17.5 Å². The summed E-state index contributed by atoms with van der Waals surface area (Å²) in [6.07, 6.45) is 1.30. The van der Waals surface area contributed by atoms with Gasteiger partial charge in [0.2, 0.25) is 0 Å². The van der Waals surface area contributed by atoms with Crippen LogP contribution in [-0.2, 0) is 4.74 Å². The molecule has 5 nitrogen and oxygen atoms in total. The Morgan fingerprint density at radius 2 is 2.19 bits per heavy atom. The minimum atomic E-state index is -0.578. The first-order valence-electron chi connectivity index (χ1n) is 4.72. The zero-order chi connectivity index (χ0) is 12.3. The van der Waals surface area contributed by atoms with Crippen LogP contribution in [0.2, 0.25) is 0 Å². The van der Waals surface area contributed by atoms with Gasteiger partial charge in [-0.25, -0.2) is 9.78 Å². The molecule has 0 spiro atoms. The lowest BCUT2D eigenvalue weighted by atomic mass is 10.1. The smallest absolute Gasteiger partial charge is 0.340 e. The van der Waals surface area contributed by atoms with Gasteiger partial charge in [-0.3, -0.25) is 0 Å². The number of aromatic nitrogens is 1. The van der Waals surface area contributed by atoms with Crippen molar-refractivity contribution >= 4 is 11.8 Å². The molecule has 1 aromatic rings. The number of hydrogen-bond donors (Lipinski definition) is 1. The van der Waals surface area contributed by atoms with E-state index in [1.165, 1.54) is 12.3 Å². The molecule has 1 heterocycles. The van der Waals surface area contributed by atoms with E-state index in [0.717, 1.165) is 0 Å². The van der Waals surface area contributed by atoms with E-state index in [-0.39, 0.29) is 16.9 Å². The van der Waals surface area contributed by atoms with Crippen molar-refractivity contribution < 1.29 is 9.53 Å². The average molecular weight is 219 g/mol. The summed E-state index contributed by atoms with van der Waals surface area (Å²) >= 11 is 0. The Hall–Kier alpha value is -2.09. The van der Waals surface area contributed by atoms with Crippen molar-refractivity contribution in [3.8, 4) is 6.07 Å². The van der Waals surface area contributed by atoms with Gasteiger partial charge in [0.15, 0.2) is 0 Å². The fraction of sp³-hybridized carbons (Fsp3) is 0.364. The van der Waals surface area contributed by atoms with Crippen LogP contribution in [-0.4, -0.2) is 16.6 Å². The maximum atomic E-state index is 11.6. The summed E-state index contributed by atoms with van der Waals surface area (Å²) in [5.74, 6) is -0.411. The highest BCUT2D eigenvalue weighted by atomic mass is 16.6. The Balaban J connectivity index is 2.98. The minimum Gasteiger partial charge on any atom is -0.456 e. The topological polar surface area (TPSA) is 89.0 Å². The first-order chi connectivity index (χ1) is 7.33. The summed E-state index contributed by atoms with van der Waals surface area (Å²) in [5, 5.41) is 8.74. The molecule has 0 saturated heterocycles. The maximum Gasteiger partial charge on any atom is 0.340 e. The van der Waals surface area contributed by atoms with E-state index in [1.807, 2.05) is 6.07 Å². The van der Waals surface area contributed by atoms with Crippen LogP contribution in [0.3, 0.4) is 0 Å². The Labute approximate surface area is 93.8 Å². The van der Waals surface area contributed by atoms with Gasteiger partial charge >= 0.3 is 5.97 Å². The minimum absolute atomic E-state index is 0.106. The Morgan fingerprint density at radius 1 is 1.56 bits per heavy atom. The number of ether oxygens (including phenoxy) is 1. The van der Waals surface area contributed by atoms with Gasteiger partial charge in [0.05, 0.1) is 11.1 Å². The Bertz CT molecular complexity index is 455. The van der Waals surface area contributed by atoms with E-state index in [9.17, 15) is 4.79 Å². The van der Waals surface area contributed by atoms with Gasteiger partial charge in [-0.2, -0.15) is 5.26 Å². The van der Waals surface area contributed by atoms with Crippen LogP contribution < -0.4 is 5.73 Å². The molecule has 0 aliphatic carbocycles. The number of esters is 1. The SMILES string of the molecule is CC(C)(C)OC(=O)c1cnc(N)c(C#N)c1. The lowest BCUT2D eigenvalue weighted by Crippen LogP contribution is -2.24. The molecule has 5 heteroatoms. The molecular weight excluding hydrogens is 206 g/mol. The van der Waals surface area contributed by atoms with Crippen LogP contribution in [0, 0.1) is 11.3 Å². The number of carbonyl (C=O) groups is 1. The molecule has 0 aliphatic heterocycles. The monoisotopic (exact) mass is 219 g/mol. The zero-order valence-corrected chi connectivity index (χ0v) is 9.44. The molecule has 0 bridgehead atoms. The van der Waals surface area contributed by atoms with Crippen molar-refractivity contribution in [1.29, 1.82) is 5.26 Å². The number of nitrogen functional groups attached to an aromatic ring is 1. The number of carbonyl (C=O) groups excluding carboxylic acids is 1. The predicted octanol–water partition coefficient (Wildman–Crippen LogP) is 1.49. The highest BCUT2D eigenvalue weighted by Crippen LogP contribution is 2.14. The van der Waals surface area contributed by atoms with Crippen molar-refractivity contribution in [2.45, 2.75) is 26.4 Å². The van der Waals surface area contributed by atoms with Crippen LogP contribution in [0.15, 0.2) is 12.3 Å². The van der Waals surface area contributed by atoms with Gasteiger partial charge in [0.25, 0.3) is 0 Å². The number of anilines is 1. The predicted molar refractivity (Wildman–Crippen MR) is 58.5 cm³/mol. The van der Waals surface area contributed by atoms with Crippen molar-refractivity contribution in [1.82, 2.24) is 4.98 Å². The van der Waals surface area contributed by atoms with Gasteiger partial charge in [-0.1, -0.05) is 0 Å². The fourth-order valence-corrected chi connectivity index (χ4v) is 1.01. The van der Waals surface area contributed by atoms with E-state index in [4.69, 9.17) is 15.7 Å². The summed E-state index contributed by atoms with van der Waals surface area (Å²) in [5.41, 5.74) is 5.26. The lowest BCUT2D eigenvalue weighted by molar-refractivity contribution is 0.00691. The number of hydrogen-bond acceptors (Lipinski definition) is 5. The van der Waals surface area contributed by atoms with Gasteiger partial charge < -0.3 is 10.5 Å². The summed E-state index contributed by atoms with van der Waals surface area (Å²) in [6, 6.07) is 3.23. The molecule has 0 fully saturated rings. The Morgan fingerprint density at radius 3 is 2.69 bits per heavy atom. The highest BCUT2D eigenvalue weighted by molar-refractivity contribution is 5.90. The number of nitrogens with zero attached hydrogens (tertiary/aromatic N) is 2. The number of nitrogens with two attached hydrogens (primary N) is 1. The third-order valence-electron chi connectivity index (χ3n) is 1.67. The standard InChI is InChI=1S/C11H13N3O2/c1-11(2,3)16-10(15)8-4-7(5-12)9(13)14-6-8/h4,6H,1-3H3,(H2,13,14). The first-order valence-corrected chi connectivity index (χ1v) is 4.72. The van der Waals surface area contributed by atoms with Crippen molar-refractivity contribution in [3.05, 3.63) is 23.4 Å². The van der Waals surface area contributed by atoms with Crippen molar-refractivity contribution in [3.63, 3.8) is 0 Å². The number of pyridine rings is 1. The van der Waals surface area contributed by atoms with Crippen molar-refractivity contribution in [2.75, 3.05) is 5.73 Å². The van der Waals surface area contributed by atoms with Crippen LogP contribution >= 0.6 is 0 Å². The largest absolute Gasteiger partial charge is 0.456 e. The normalized spacial score (nSPS) is 10.6. The molecule has 0 unspecified atom stereocenters. The molecule has 1 aromatic heterocycles. The van der Waals surface area contributed by atoms with E-state index in [0.29, 0.717) is 0 Å². The molecule has 1 rings (SSSR count). The molecule has 0 atom stereocenters.